The van der Waals surface area contributed by atoms with Crippen molar-refractivity contribution < 1.29 is 69.4 Å². The van der Waals surface area contributed by atoms with Crippen LogP contribution in [0.3, 0.4) is 0 Å². The van der Waals surface area contributed by atoms with E-state index in [4.69, 9.17) is 19.3 Å². The van der Waals surface area contributed by atoms with Gasteiger partial charge in [0, 0.05) is 20.3 Å². The third kappa shape index (κ3) is 6.62. The highest BCUT2D eigenvalue weighted by Gasteiger charge is 2.56. The molecule has 16 heteroatoms. The van der Waals surface area contributed by atoms with Crippen LogP contribution in [0.25, 0.3) is 0 Å². The molecule has 10 N–H and O–H groups in total. The van der Waals surface area contributed by atoms with Crippen molar-refractivity contribution in [2.45, 2.75) is 87.2 Å². The molecule has 2 aliphatic rings. The van der Waals surface area contributed by atoms with Crippen LogP contribution in [0.5, 0.6) is 0 Å². The number of carbonyl (C=O) groups excluding carboxylic acids is 2. The fraction of sp³-hybridized carbons (Fsp3) is 0.842. The maximum Gasteiger partial charge on any atom is 0.364 e. The summed E-state index contributed by atoms with van der Waals surface area (Å²) in [6, 6.07) is -2.80. The van der Waals surface area contributed by atoms with E-state index in [0.29, 0.717) is 0 Å². The van der Waals surface area contributed by atoms with Crippen molar-refractivity contribution >= 4 is 17.8 Å². The zero-order valence-electron chi connectivity index (χ0n) is 18.9. The quantitative estimate of drug-likeness (QED) is 0.138. The summed E-state index contributed by atoms with van der Waals surface area (Å²) in [4.78, 5) is 34.9. The van der Waals surface area contributed by atoms with Gasteiger partial charge in [-0.2, -0.15) is 0 Å². The smallest absolute Gasteiger partial charge is 0.364 e. The van der Waals surface area contributed by atoms with Crippen LogP contribution in [-0.4, -0.2) is 139 Å². The van der Waals surface area contributed by atoms with E-state index >= 15 is 0 Å². The summed E-state index contributed by atoms with van der Waals surface area (Å²) in [5, 5.41) is 84.9. The predicted molar refractivity (Wildman–Crippen MR) is 109 cm³/mol. The molecule has 2 amide bonds. The van der Waals surface area contributed by atoms with Crippen LogP contribution in [0, 0.1) is 0 Å². The first-order chi connectivity index (χ1) is 16.2. The monoisotopic (exact) mass is 512 g/mol. The molecule has 0 aromatic rings. The number of amides is 2. The van der Waals surface area contributed by atoms with E-state index in [-0.39, 0.29) is 0 Å². The highest BCUT2D eigenvalue weighted by Crippen LogP contribution is 2.34. The molecule has 202 valence electrons. The minimum atomic E-state index is -2.71. The molecule has 2 fully saturated rings. The number of aliphatic hydroxyl groups is 7. The molecule has 0 aromatic carbocycles. The fourth-order valence-corrected chi connectivity index (χ4v) is 3.97. The van der Waals surface area contributed by atoms with Gasteiger partial charge in [0.25, 0.3) is 5.79 Å². The Morgan fingerprint density at radius 3 is 2.11 bits per heavy atom. The van der Waals surface area contributed by atoms with E-state index in [1.165, 1.54) is 0 Å². The van der Waals surface area contributed by atoms with Crippen molar-refractivity contribution in [2.24, 2.45) is 0 Å². The van der Waals surface area contributed by atoms with Crippen LogP contribution in [0.15, 0.2) is 0 Å². The molecule has 1 unspecified atom stereocenters. The van der Waals surface area contributed by atoms with Crippen LogP contribution in [0.4, 0.5) is 0 Å². The summed E-state index contributed by atoms with van der Waals surface area (Å²) in [5.41, 5.74) is 0. The second kappa shape index (κ2) is 11.8. The Labute approximate surface area is 199 Å². The minimum absolute atomic E-state index is 0.628. The Morgan fingerprint density at radius 2 is 1.60 bits per heavy atom. The Kier molecular flexibility index (Phi) is 9.88. The molecule has 0 radical (unpaired) electrons. The summed E-state index contributed by atoms with van der Waals surface area (Å²) in [6.07, 6.45) is -14.9. The first-order valence-electron chi connectivity index (χ1n) is 10.7. The molecular weight excluding hydrogens is 480 g/mol. The lowest BCUT2D eigenvalue weighted by molar-refractivity contribution is -0.328. The van der Waals surface area contributed by atoms with Crippen molar-refractivity contribution in [2.75, 3.05) is 13.2 Å². The number of ether oxygens (including phenoxy) is 3. The van der Waals surface area contributed by atoms with Crippen LogP contribution < -0.4 is 10.6 Å². The summed E-state index contributed by atoms with van der Waals surface area (Å²) >= 11 is 0. The lowest BCUT2D eigenvalue weighted by Gasteiger charge is -2.47. The molecule has 35 heavy (non-hydrogen) atoms. The van der Waals surface area contributed by atoms with E-state index in [1.54, 1.807) is 0 Å². The number of hydrogen-bond acceptors (Lipinski definition) is 13. The van der Waals surface area contributed by atoms with Crippen molar-refractivity contribution in [1.29, 1.82) is 0 Å². The number of carbonyl (C=O) groups is 3. The van der Waals surface area contributed by atoms with Gasteiger partial charge in [0.2, 0.25) is 11.8 Å². The fourth-order valence-electron chi connectivity index (χ4n) is 3.97. The molecule has 16 nitrogen and oxygen atoms in total. The summed E-state index contributed by atoms with van der Waals surface area (Å²) < 4.78 is 15.9. The topological polar surface area (TPSA) is 265 Å². The summed E-state index contributed by atoms with van der Waals surface area (Å²) in [5.74, 6) is -5.80. The van der Waals surface area contributed by atoms with Gasteiger partial charge in [-0.15, -0.1) is 0 Å². The van der Waals surface area contributed by atoms with Gasteiger partial charge < -0.3 is 65.7 Å². The second-order valence-corrected chi connectivity index (χ2v) is 8.46. The molecule has 0 saturated carbocycles. The molecule has 2 saturated heterocycles. The van der Waals surface area contributed by atoms with Crippen LogP contribution in [-0.2, 0) is 28.6 Å². The van der Waals surface area contributed by atoms with Gasteiger partial charge in [0.05, 0.1) is 25.4 Å². The molecule has 2 aliphatic heterocycles. The number of aliphatic carboxylic acids is 1. The Bertz CT molecular complexity index is 770. The van der Waals surface area contributed by atoms with Crippen molar-refractivity contribution in [3.8, 4) is 0 Å². The third-order valence-electron chi connectivity index (χ3n) is 5.76. The third-order valence-corrected chi connectivity index (χ3v) is 5.76. The van der Waals surface area contributed by atoms with Gasteiger partial charge in [-0.1, -0.05) is 0 Å². The zero-order valence-corrected chi connectivity index (χ0v) is 18.9. The normalized spacial score (nSPS) is 39.3. The molecule has 11 atom stereocenters. The Balaban J connectivity index is 2.25. The average molecular weight is 512 g/mol. The number of nitrogens with one attached hydrogen (secondary N) is 2. The molecule has 0 aromatic heterocycles. The highest BCUT2D eigenvalue weighted by atomic mass is 16.7. The van der Waals surface area contributed by atoms with E-state index in [1.807, 2.05) is 0 Å². The first-order valence-corrected chi connectivity index (χ1v) is 10.7. The van der Waals surface area contributed by atoms with E-state index < -0.39 is 104 Å². The van der Waals surface area contributed by atoms with Gasteiger partial charge >= 0.3 is 5.97 Å². The van der Waals surface area contributed by atoms with Crippen LogP contribution >= 0.6 is 0 Å². The Morgan fingerprint density at radius 1 is 1.03 bits per heavy atom. The average Bonchev–Trinajstić information content (AvgIpc) is 2.78. The van der Waals surface area contributed by atoms with Gasteiger partial charge in [-0.25, -0.2) is 4.79 Å². The van der Waals surface area contributed by atoms with E-state index in [9.17, 15) is 50.1 Å². The lowest BCUT2D eigenvalue weighted by Crippen LogP contribution is -2.68. The summed E-state index contributed by atoms with van der Waals surface area (Å²) in [7, 11) is 0. The molecule has 0 aliphatic carbocycles. The Hall–Kier alpha value is -1.99. The number of rotatable bonds is 9. The van der Waals surface area contributed by atoms with E-state index in [2.05, 4.69) is 10.6 Å². The van der Waals surface area contributed by atoms with Crippen molar-refractivity contribution in [3.05, 3.63) is 0 Å². The van der Waals surface area contributed by atoms with Crippen LogP contribution in [0.1, 0.15) is 20.3 Å². The standard InChI is InChI=1S/C19H32N2O14/c1-6(23)20-11-8(25)3-19(18(31)32,35-16(11)13(27)9(26)4-22)33-5-10-14(28)15(29)12(17(30)34-10)21-7(2)24/h8-17,22,25-30H,3-5H2,1-2H3,(H,20,23)(H,21,24)(H,31,32)/t8-,9+,10+,11+,12+,13+,14-,15+,16+,17-,19?/m0/s1. The highest BCUT2D eigenvalue weighted by molar-refractivity contribution is 5.76. The van der Waals surface area contributed by atoms with Gasteiger partial charge in [-0.05, 0) is 0 Å². The van der Waals surface area contributed by atoms with E-state index in [0.717, 1.165) is 13.8 Å². The number of carboxylic acids is 1. The summed E-state index contributed by atoms with van der Waals surface area (Å²) in [6.45, 7) is 0.409. The van der Waals surface area contributed by atoms with Gasteiger partial charge in [-0.3, -0.25) is 9.59 Å². The van der Waals surface area contributed by atoms with Crippen molar-refractivity contribution in [1.82, 2.24) is 10.6 Å². The predicted octanol–water partition coefficient (Wildman–Crippen LogP) is -5.90. The van der Waals surface area contributed by atoms with Crippen LogP contribution in [0.2, 0.25) is 0 Å². The minimum Gasteiger partial charge on any atom is -0.477 e. The molecule has 2 rings (SSSR count). The molecule has 0 spiro atoms. The maximum absolute atomic E-state index is 12.1. The first kappa shape index (κ1) is 29.2. The number of carboxylic acid groups (broad SMARTS) is 1. The zero-order chi connectivity index (χ0) is 26.7. The van der Waals surface area contributed by atoms with Crippen molar-refractivity contribution in [3.63, 3.8) is 0 Å². The molecular formula is C19H32N2O14. The number of aliphatic hydroxyl groups excluding tert-OH is 7. The maximum atomic E-state index is 12.1. The largest absolute Gasteiger partial charge is 0.477 e. The molecule has 2 heterocycles. The lowest BCUT2D eigenvalue weighted by atomic mass is 9.88. The number of hydrogen-bond donors (Lipinski definition) is 10. The van der Waals surface area contributed by atoms with Gasteiger partial charge in [0.15, 0.2) is 6.29 Å². The SMILES string of the molecule is CC(=O)N[C@@H]1[C@@H](O)[C@@H](O)[C@@H](COC2(C(=O)O)C[C@H](O)[C@@H](NC(C)=O)[C@H]([C@H](O)[C@H](O)CO)O2)O[C@@H]1O. The van der Waals surface area contributed by atoms with Gasteiger partial charge in [0.1, 0.15) is 42.7 Å². The molecule has 0 bridgehead atoms. The second-order valence-electron chi connectivity index (χ2n) is 8.46.